The number of nitrogens with zero attached hydrogens (tertiary/aromatic N) is 4. The number of hydrogen-bond acceptors (Lipinski definition) is 5. The fourth-order valence-electron chi connectivity index (χ4n) is 3.10. The first-order valence-electron chi connectivity index (χ1n) is 7.27. The summed E-state index contributed by atoms with van der Waals surface area (Å²) in [5, 5.41) is 10.5. The smallest absolute Gasteiger partial charge is 0.141 e. The van der Waals surface area contributed by atoms with E-state index in [9.17, 15) is 0 Å². The Morgan fingerprint density at radius 2 is 2.29 bits per heavy atom. The summed E-state index contributed by atoms with van der Waals surface area (Å²) in [5.41, 5.74) is 1.23. The minimum Gasteiger partial charge on any atom is -0.355 e. The third-order valence-corrected chi connectivity index (χ3v) is 4.91. The third kappa shape index (κ3) is 2.29. The van der Waals surface area contributed by atoms with Gasteiger partial charge >= 0.3 is 0 Å². The zero-order valence-electron chi connectivity index (χ0n) is 11.9. The second kappa shape index (κ2) is 5.11. The summed E-state index contributed by atoms with van der Waals surface area (Å²) < 4.78 is 0. The number of aryl methyl sites for hydroxylation is 1. The van der Waals surface area contributed by atoms with Crippen LogP contribution in [0.3, 0.4) is 0 Å². The molecule has 0 amide bonds. The lowest BCUT2D eigenvalue weighted by Crippen LogP contribution is -2.35. The standard InChI is InChI=1S/C15H17N5S/c1-10-17-14(12-5-8-21-15(12)18-10)20-7-2-3-11(9-20)13-4-6-16-19-13/h4-6,8,11H,2-3,7,9H2,1H3,(H,16,19)/t11-/m1/s1. The highest BCUT2D eigenvalue weighted by Crippen LogP contribution is 2.33. The van der Waals surface area contributed by atoms with Crippen molar-refractivity contribution in [1.82, 2.24) is 20.2 Å². The van der Waals surface area contributed by atoms with Crippen molar-refractivity contribution >= 4 is 27.4 Å². The molecule has 108 valence electrons. The SMILES string of the molecule is Cc1nc(N2CCC[C@@H](c3ccn[nH]3)C2)c2ccsc2n1. The largest absolute Gasteiger partial charge is 0.355 e. The number of nitrogens with one attached hydrogen (secondary N) is 1. The zero-order chi connectivity index (χ0) is 14.2. The van der Waals surface area contributed by atoms with E-state index in [1.54, 1.807) is 11.3 Å². The Balaban J connectivity index is 1.70. The second-order valence-corrected chi connectivity index (χ2v) is 6.43. The molecule has 0 bridgehead atoms. The van der Waals surface area contributed by atoms with Crippen molar-refractivity contribution in [3.63, 3.8) is 0 Å². The summed E-state index contributed by atoms with van der Waals surface area (Å²) in [6.45, 7) is 4.02. The first kappa shape index (κ1) is 12.8. The Bertz CT molecular complexity index is 749. The maximum atomic E-state index is 4.71. The first-order chi connectivity index (χ1) is 10.3. The lowest BCUT2D eigenvalue weighted by molar-refractivity contribution is 0.498. The number of fused-ring (bicyclic) bond motifs is 1. The van der Waals surface area contributed by atoms with Crippen molar-refractivity contribution in [2.45, 2.75) is 25.7 Å². The van der Waals surface area contributed by atoms with Gasteiger partial charge in [-0.25, -0.2) is 9.97 Å². The molecule has 0 aromatic carbocycles. The van der Waals surface area contributed by atoms with E-state index in [0.717, 1.165) is 29.6 Å². The van der Waals surface area contributed by atoms with E-state index in [4.69, 9.17) is 4.98 Å². The minimum absolute atomic E-state index is 0.505. The van der Waals surface area contributed by atoms with Crippen LogP contribution in [-0.2, 0) is 0 Å². The van der Waals surface area contributed by atoms with Gasteiger partial charge < -0.3 is 4.90 Å². The number of piperidine rings is 1. The van der Waals surface area contributed by atoms with Crippen molar-refractivity contribution in [2.24, 2.45) is 0 Å². The molecule has 1 aliphatic heterocycles. The second-order valence-electron chi connectivity index (χ2n) is 5.53. The number of anilines is 1. The molecule has 3 aromatic heterocycles. The number of rotatable bonds is 2. The van der Waals surface area contributed by atoms with Crippen LogP contribution in [0.25, 0.3) is 10.2 Å². The van der Waals surface area contributed by atoms with Crippen LogP contribution in [0.4, 0.5) is 5.82 Å². The summed E-state index contributed by atoms with van der Waals surface area (Å²) in [6.07, 6.45) is 4.22. The molecular weight excluding hydrogens is 282 g/mol. The summed E-state index contributed by atoms with van der Waals surface area (Å²) >= 11 is 1.68. The van der Waals surface area contributed by atoms with Gasteiger partial charge in [-0.3, -0.25) is 5.10 Å². The van der Waals surface area contributed by atoms with Crippen LogP contribution in [0, 0.1) is 6.92 Å². The molecule has 6 heteroatoms. The number of H-pyrrole nitrogens is 1. The third-order valence-electron chi connectivity index (χ3n) is 4.10. The lowest BCUT2D eigenvalue weighted by atomic mass is 9.95. The highest BCUT2D eigenvalue weighted by atomic mass is 32.1. The summed E-state index contributed by atoms with van der Waals surface area (Å²) in [6, 6.07) is 4.22. The van der Waals surface area contributed by atoms with Gasteiger partial charge in [0.2, 0.25) is 0 Å². The van der Waals surface area contributed by atoms with E-state index < -0.39 is 0 Å². The van der Waals surface area contributed by atoms with Gasteiger partial charge in [0.15, 0.2) is 0 Å². The van der Waals surface area contributed by atoms with Crippen LogP contribution >= 0.6 is 11.3 Å². The van der Waals surface area contributed by atoms with Gasteiger partial charge in [0, 0.05) is 30.9 Å². The van der Waals surface area contributed by atoms with E-state index in [-0.39, 0.29) is 0 Å². The Hall–Kier alpha value is -1.95. The molecule has 4 rings (SSSR count). The number of aromatic nitrogens is 4. The zero-order valence-corrected chi connectivity index (χ0v) is 12.7. The van der Waals surface area contributed by atoms with Crippen LogP contribution in [-0.4, -0.2) is 33.3 Å². The van der Waals surface area contributed by atoms with Crippen molar-refractivity contribution < 1.29 is 0 Å². The Labute approximate surface area is 127 Å². The highest BCUT2D eigenvalue weighted by Gasteiger charge is 2.24. The number of aromatic amines is 1. The maximum Gasteiger partial charge on any atom is 0.141 e. The molecule has 5 nitrogen and oxygen atoms in total. The molecule has 0 saturated carbocycles. The summed E-state index contributed by atoms with van der Waals surface area (Å²) in [7, 11) is 0. The van der Waals surface area contributed by atoms with Crippen molar-refractivity contribution in [2.75, 3.05) is 18.0 Å². The molecule has 0 radical (unpaired) electrons. The predicted molar refractivity (Wildman–Crippen MR) is 84.9 cm³/mol. The van der Waals surface area contributed by atoms with Crippen LogP contribution in [0.1, 0.15) is 30.3 Å². The first-order valence-corrected chi connectivity index (χ1v) is 8.15. The van der Waals surface area contributed by atoms with Gasteiger partial charge in [-0.2, -0.15) is 5.10 Å². The van der Waals surface area contributed by atoms with Crippen molar-refractivity contribution in [1.29, 1.82) is 0 Å². The molecule has 0 spiro atoms. The average molecular weight is 299 g/mol. The minimum atomic E-state index is 0.505. The van der Waals surface area contributed by atoms with E-state index >= 15 is 0 Å². The fourth-order valence-corrected chi connectivity index (χ4v) is 3.91. The van der Waals surface area contributed by atoms with Gasteiger partial charge in [0.05, 0.1) is 5.39 Å². The quantitative estimate of drug-likeness (QED) is 0.790. The van der Waals surface area contributed by atoms with Gasteiger partial charge in [-0.1, -0.05) is 0 Å². The van der Waals surface area contributed by atoms with Crippen molar-refractivity contribution in [3.8, 4) is 0 Å². The van der Waals surface area contributed by atoms with Gasteiger partial charge in [0.1, 0.15) is 16.5 Å². The molecule has 1 aliphatic rings. The Morgan fingerprint density at radius 3 is 3.14 bits per heavy atom. The highest BCUT2D eigenvalue weighted by molar-refractivity contribution is 7.16. The molecule has 1 saturated heterocycles. The molecule has 4 heterocycles. The van der Waals surface area contributed by atoms with Crippen LogP contribution in [0.5, 0.6) is 0 Å². The van der Waals surface area contributed by atoms with E-state index in [0.29, 0.717) is 5.92 Å². The van der Waals surface area contributed by atoms with Crippen LogP contribution in [0.2, 0.25) is 0 Å². The molecule has 1 atom stereocenters. The van der Waals surface area contributed by atoms with Crippen LogP contribution in [0.15, 0.2) is 23.7 Å². The fraction of sp³-hybridized carbons (Fsp3) is 0.400. The molecule has 1 fully saturated rings. The molecule has 1 N–H and O–H groups in total. The van der Waals surface area contributed by atoms with Gasteiger partial charge in [-0.15, -0.1) is 11.3 Å². The monoisotopic (exact) mass is 299 g/mol. The topological polar surface area (TPSA) is 57.7 Å². The van der Waals surface area contributed by atoms with E-state index in [2.05, 4.69) is 37.6 Å². The molecule has 21 heavy (non-hydrogen) atoms. The summed E-state index contributed by atoms with van der Waals surface area (Å²) in [5.74, 6) is 2.44. The molecule has 0 unspecified atom stereocenters. The van der Waals surface area contributed by atoms with Crippen LogP contribution < -0.4 is 4.90 Å². The average Bonchev–Trinajstić information content (AvgIpc) is 3.17. The summed E-state index contributed by atoms with van der Waals surface area (Å²) in [4.78, 5) is 12.7. The molecule has 0 aliphatic carbocycles. The van der Waals surface area contributed by atoms with E-state index in [1.165, 1.54) is 23.9 Å². The van der Waals surface area contributed by atoms with Gasteiger partial charge in [0.25, 0.3) is 0 Å². The number of thiophene rings is 1. The van der Waals surface area contributed by atoms with Gasteiger partial charge in [-0.05, 0) is 37.3 Å². The van der Waals surface area contributed by atoms with E-state index in [1.807, 2.05) is 13.1 Å². The lowest BCUT2D eigenvalue weighted by Gasteiger charge is -2.33. The Kier molecular flexibility index (Phi) is 3.11. The number of hydrogen-bond donors (Lipinski definition) is 1. The van der Waals surface area contributed by atoms with Crippen molar-refractivity contribution in [3.05, 3.63) is 35.2 Å². The Morgan fingerprint density at radius 1 is 1.33 bits per heavy atom. The molecular formula is C15H17N5S. The predicted octanol–water partition coefficient (Wildman–Crippen LogP) is 3.11. The molecule has 3 aromatic rings. The normalized spacial score (nSPS) is 19.3. The maximum absolute atomic E-state index is 4.71.